The zero-order chi connectivity index (χ0) is 21.8. The van der Waals surface area contributed by atoms with Crippen molar-refractivity contribution >= 4 is 39.3 Å². The molecule has 1 aromatic carbocycles. The summed E-state index contributed by atoms with van der Waals surface area (Å²) in [6.45, 7) is 2.61. The van der Waals surface area contributed by atoms with Crippen molar-refractivity contribution in [3.63, 3.8) is 0 Å². The van der Waals surface area contributed by atoms with Crippen LogP contribution in [0.15, 0.2) is 57.2 Å². The number of fused-ring (bicyclic) bond motifs is 1. The van der Waals surface area contributed by atoms with Gasteiger partial charge in [0.05, 0.1) is 17.7 Å². The lowest BCUT2D eigenvalue weighted by Gasteiger charge is -2.48. The number of benzene rings is 1. The Morgan fingerprint density at radius 3 is 2.90 bits per heavy atom. The number of thioether (sulfide) groups is 1. The molecular weight excluding hydrogens is 508 g/mol. The van der Waals surface area contributed by atoms with E-state index in [2.05, 4.69) is 30.9 Å². The van der Waals surface area contributed by atoms with Gasteiger partial charge >= 0.3 is 0 Å². The minimum atomic E-state index is -0.595. The minimum absolute atomic E-state index is 0.298. The van der Waals surface area contributed by atoms with E-state index in [0.29, 0.717) is 22.8 Å². The molecule has 11 heteroatoms. The molecule has 2 aromatic rings. The maximum absolute atomic E-state index is 9.27. The van der Waals surface area contributed by atoms with Crippen LogP contribution >= 0.6 is 39.3 Å². The Hall–Kier alpha value is -1.36. The van der Waals surface area contributed by atoms with Crippen molar-refractivity contribution in [2.45, 2.75) is 47.9 Å². The van der Waals surface area contributed by atoms with Crippen molar-refractivity contribution in [1.82, 2.24) is 4.98 Å². The van der Waals surface area contributed by atoms with Gasteiger partial charge in [0, 0.05) is 28.2 Å². The molecule has 0 radical (unpaired) electrons. The molecule has 8 nitrogen and oxygen atoms in total. The lowest BCUT2D eigenvalue weighted by Crippen LogP contribution is -2.60. The Labute approximate surface area is 197 Å². The van der Waals surface area contributed by atoms with Crippen molar-refractivity contribution in [1.29, 1.82) is 0 Å². The van der Waals surface area contributed by atoms with Crippen LogP contribution in [0.1, 0.15) is 18.8 Å². The van der Waals surface area contributed by atoms with E-state index >= 15 is 0 Å². The molecule has 0 amide bonds. The molecule has 4 rings (SSSR count). The summed E-state index contributed by atoms with van der Waals surface area (Å²) < 4.78 is 25.1. The van der Waals surface area contributed by atoms with Crippen molar-refractivity contribution in [2.75, 3.05) is 13.2 Å². The van der Waals surface area contributed by atoms with Gasteiger partial charge in [0.2, 0.25) is 0 Å². The molecule has 2 saturated heterocycles. The predicted octanol–water partition coefficient (Wildman–Crippen LogP) is 5.51. The Bertz CT molecular complexity index is 952. The van der Waals surface area contributed by atoms with Crippen LogP contribution in [0.25, 0.3) is 10.4 Å². The van der Waals surface area contributed by atoms with Gasteiger partial charge in [-0.05, 0) is 34.5 Å². The van der Waals surface area contributed by atoms with E-state index in [0.717, 1.165) is 10.5 Å². The van der Waals surface area contributed by atoms with E-state index in [1.165, 1.54) is 11.8 Å². The summed E-state index contributed by atoms with van der Waals surface area (Å²) in [6.07, 6.45) is -0.476. The maximum atomic E-state index is 9.27. The SMILES string of the molecule is CCOC1C(N=[N+]=[N-])[C@H]2OC(c3ccccc3)OCC2O[C@@H]1Sc1cc(Cl)cnc1Br. The van der Waals surface area contributed by atoms with Crippen LogP contribution in [0.3, 0.4) is 0 Å². The average Bonchev–Trinajstić information content (AvgIpc) is 2.79. The van der Waals surface area contributed by atoms with Crippen molar-refractivity contribution < 1.29 is 18.9 Å². The van der Waals surface area contributed by atoms with Crippen LogP contribution in [0.2, 0.25) is 5.02 Å². The third-order valence-corrected chi connectivity index (χ3v) is 7.22. The topological polar surface area (TPSA) is 98.6 Å². The summed E-state index contributed by atoms with van der Waals surface area (Å²) in [5.74, 6) is 0. The van der Waals surface area contributed by atoms with Gasteiger partial charge in [-0.3, -0.25) is 0 Å². The molecular formula is C20H20BrClN4O4S. The van der Waals surface area contributed by atoms with E-state index < -0.39 is 36.1 Å². The molecule has 0 bridgehead atoms. The first-order chi connectivity index (χ1) is 15.1. The van der Waals surface area contributed by atoms with Gasteiger partial charge in [-0.15, -0.1) is 0 Å². The van der Waals surface area contributed by atoms with Crippen molar-refractivity contribution in [3.8, 4) is 0 Å². The summed E-state index contributed by atoms with van der Waals surface area (Å²) in [4.78, 5) is 8.09. The second kappa shape index (κ2) is 10.5. The van der Waals surface area contributed by atoms with Gasteiger partial charge in [-0.25, -0.2) is 4.98 Å². The molecule has 0 N–H and O–H groups in total. The first-order valence-corrected chi connectivity index (χ1v) is 11.8. The zero-order valence-corrected chi connectivity index (χ0v) is 19.7. The standard InChI is InChI=1S/C20H20BrClN4O4S/c1-2-27-17-15(25-26-23)16-13(10-28-19(30-16)11-6-4-3-5-7-11)29-20(17)31-14-8-12(22)9-24-18(14)21/h3-9,13,15-17,19-20H,2,10H2,1H3/t13?,15?,16-,17?,19?,20+/m0/s1. The van der Waals surface area contributed by atoms with E-state index in [4.69, 9.17) is 30.5 Å². The number of hydrogen-bond acceptors (Lipinski definition) is 7. The molecule has 2 aliphatic rings. The Morgan fingerprint density at radius 1 is 1.35 bits per heavy atom. The van der Waals surface area contributed by atoms with Crippen LogP contribution in [-0.4, -0.2) is 48.0 Å². The minimum Gasteiger partial charge on any atom is -0.374 e. The lowest BCUT2D eigenvalue weighted by molar-refractivity contribution is -0.300. The molecule has 31 heavy (non-hydrogen) atoms. The van der Waals surface area contributed by atoms with Gasteiger partial charge in [0.25, 0.3) is 0 Å². The number of nitrogens with zero attached hydrogens (tertiary/aromatic N) is 4. The van der Waals surface area contributed by atoms with Crippen LogP contribution in [0, 0.1) is 0 Å². The predicted molar refractivity (Wildman–Crippen MR) is 120 cm³/mol. The average molecular weight is 528 g/mol. The fourth-order valence-corrected chi connectivity index (χ4v) is 5.50. The normalized spacial score (nSPS) is 30.3. The maximum Gasteiger partial charge on any atom is 0.184 e. The monoisotopic (exact) mass is 526 g/mol. The number of halogens is 2. The first-order valence-electron chi connectivity index (χ1n) is 9.71. The Balaban J connectivity index is 1.61. The van der Waals surface area contributed by atoms with E-state index in [9.17, 15) is 5.53 Å². The van der Waals surface area contributed by atoms with E-state index in [1.807, 2.05) is 37.3 Å². The van der Waals surface area contributed by atoms with Crippen molar-refractivity contribution in [2.24, 2.45) is 5.11 Å². The molecule has 0 aliphatic carbocycles. The highest BCUT2D eigenvalue weighted by Gasteiger charge is 2.50. The van der Waals surface area contributed by atoms with Crippen molar-refractivity contribution in [3.05, 3.63) is 68.2 Å². The lowest BCUT2D eigenvalue weighted by atomic mass is 9.96. The molecule has 6 atom stereocenters. The fourth-order valence-electron chi connectivity index (χ4n) is 3.61. The van der Waals surface area contributed by atoms with Gasteiger partial charge in [0.15, 0.2) is 6.29 Å². The number of pyridine rings is 1. The smallest absolute Gasteiger partial charge is 0.184 e. The molecule has 4 unspecified atom stereocenters. The number of rotatable bonds is 6. The summed E-state index contributed by atoms with van der Waals surface area (Å²) in [6, 6.07) is 10.8. The highest BCUT2D eigenvalue weighted by Crippen LogP contribution is 2.42. The molecule has 2 fully saturated rings. The molecule has 0 spiro atoms. The third kappa shape index (κ3) is 5.18. The quantitative estimate of drug-likeness (QED) is 0.212. The first kappa shape index (κ1) is 22.8. The van der Waals surface area contributed by atoms with Gasteiger partial charge < -0.3 is 18.9 Å². The largest absolute Gasteiger partial charge is 0.374 e. The van der Waals surface area contributed by atoms with Gasteiger partial charge in [-0.1, -0.05) is 58.8 Å². The number of aromatic nitrogens is 1. The third-order valence-electron chi connectivity index (χ3n) is 4.94. The van der Waals surface area contributed by atoms with Gasteiger partial charge in [-0.2, -0.15) is 0 Å². The van der Waals surface area contributed by atoms with Crippen LogP contribution in [0.5, 0.6) is 0 Å². The second-order valence-electron chi connectivity index (χ2n) is 6.90. The summed E-state index contributed by atoms with van der Waals surface area (Å²) in [5.41, 5.74) is 9.68. The number of ether oxygens (including phenoxy) is 4. The second-order valence-corrected chi connectivity index (χ2v) is 9.22. The van der Waals surface area contributed by atoms with Crippen LogP contribution in [0.4, 0.5) is 0 Å². The molecule has 164 valence electrons. The number of hydrogen-bond donors (Lipinski definition) is 0. The molecule has 3 heterocycles. The highest BCUT2D eigenvalue weighted by atomic mass is 79.9. The van der Waals surface area contributed by atoms with E-state index in [1.54, 1.807) is 12.3 Å². The van der Waals surface area contributed by atoms with Gasteiger partial charge in [0.1, 0.15) is 28.4 Å². The summed E-state index contributed by atoms with van der Waals surface area (Å²) >= 11 is 11.0. The Morgan fingerprint density at radius 2 is 2.16 bits per heavy atom. The zero-order valence-electron chi connectivity index (χ0n) is 16.5. The molecule has 1 aromatic heterocycles. The van der Waals surface area contributed by atoms with Crippen LogP contribution in [-0.2, 0) is 18.9 Å². The highest BCUT2D eigenvalue weighted by molar-refractivity contribution is 9.10. The molecule has 2 aliphatic heterocycles. The molecule has 0 saturated carbocycles. The fraction of sp³-hybridized carbons (Fsp3) is 0.450. The van der Waals surface area contributed by atoms with E-state index in [-0.39, 0.29) is 0 Å². The number of azide groups is 1. The van der Waals surface area contributed by atoms with Crippen LogP contribution < -0.4 is 0 Å². The Kier molecular flexibility index (Phi) is 7.73. The summed E-state index contributed by atoms with van der Waals surface area (Å²) in [5, 5.41) is 4.56. The summed E-state index contributed by atoms with van der Waals surface area (Å²) in [7, 11) is 0.